The number of aryl methyl sites for hydroxylation is 1. The summed E-state index contributed by atoms with van der Waals surface area (Å²) >= 11 is 0. The molecule has 0 aliphatic rings. The molecule has 25 heavy (non-hydrogen) atoms. The number of ether oxygens (including phenoxy) is 1. The molecule has 0 aliphatic heterocycles. The Morgan fingerprint density at radius 1 is 1.08 bits per heavy atom. The first-order valence-corrected chi connectivity index (χ1v) is 7.83. The molecule has 0 fully saturated rings. The predicted octanol–water partition coefficient (Wildman–Crippen LogP) is 0.836. The SMILES string of the molecule is COc1cc(C)c(/C=C/C(C)=C/C=C/C(C)=C/C(=O)[O-])c(C)c1C.[Na+]. The number of benzene rings is 1. The van der Waals surface area contributed by atoms with Crippen LogP contribution in [0, 0.1) is 20.8 Å². The number of carbonyl (C=O) groups is 1. The van der Waals surface area contributed by atoms with Crippen molar-refractivity contribution in [3.8, 4) is 5.75 Å². The summed E-state index contributed by atoms with van der Waals surface area (Å²) in [4.78, 5) is 10.4. The van der Waals surface area contributed by atoms with Gasteiger partial charge >= 0.3 is 29.6 Å². The molecule has 0 saturated carbocycles. The molecule has 1 aromatic rings. The Kier molecular flexibility index (Phi) is 10.4. The monoisotopic (exact) mass is 348 g/mol. The van der Waals surface area contributed by atoms with Crippen LogP contribution in [0.2, 0.25) is 0 Å². The van der Waals surface area contributed by atoms with Gasteiger partial charge in [0.1, 0.15) is 5.75 Å². The molecule has 0 aliphatic carbocycles. The first-order valence-electron chi connectivity index (χ1n) is 7.83. The van der Waals surface area contributed by atoms with Crippen molar-refractivity contribution in [2.45, 2.75) is 34.6 Å². The number of hydrogen-bond acceptors (Lipinski definition) is 3. The summed E-state index contributed by atoms with van der Waals surface area (Å²) in [7, 11) is 1.69. The molecule has 0 unspecified atom stereocenters. The van der Waals surface area contributed by atoms with Crippen molar-refractivity contribution < 1.29 is 44.2 Å². The summed E-state index contributed by atoms with van der Waals surface area (Å²) in [6, 6.07) is 2.05. The fourth-order valence-electron chi connectivity index (χ4n) is 2.39. The quantitative estimate of drug-likeness (QED) is 0.435. The largest absolute Gasteiger partial charge is 1.00 e. The van der Waals surface area contributed by atoms with Gasteiger partial charge in [-0.1, -0.05) is 36.0 Å². The van der Waals surface area contributed by atoms with Crippen LogP contribution in [0.15, 0.2) is 47.6 Å². The van der Waals surface area contributed by atoms with Gasteiger partial charge in [-0.15, -0.1) is 0 Å². The number of hydrogen-bond donors (Lipinski definition) is 0. The van der Waals surface area contributed by atoms with E-state index >= 15 is 0 Å². The van der Waals surface area contributed by atoms with Crippen LogP contribution in [0.5, 0.6) is 5.75 Å². The van der Waals surface area contributed by atoms with Gasteiger partial charge in [0.05, 0.1) is 13.1 Å². The number of carboxylic acids is 1. The zero-order valence-electron chi connectivity index (χ0n) is 16.3. The van der Waals surface area contributed by atoms with Crippen LogP contribution in [0.1, 0.15) is 36.1 Å². The number of carboxylic acid groups (broad SMARTS) is 1. The van der Waals surface area contributed by atoms with E-state index in [0.29, 0.717) is 5.57 Å². The zero-order valence-corrected chi connectivity index (χ0v) is 18.3. The van der Waals surface area contributed by atoms with E-state index in [9.17, 15) is 9.90 Å². The Morgan fingerprint density at radius 2 is 1.72 bits per heavy atom. The Hall–Kier alpha value is -1.55. The van der Waals surface area contributed by atoms with Crippen LogP contribution in [0.3, 0.4) is 0 Å². The molecule has 0 amide bonds. The molecular weight excluding hydrogens is 323 g/mol. The molecule has 0 spiro atoms. The molecule has 0 radical (unpaired) electrons. The van der Waals surface area contributed by atoms with Crippen LogP contribution in [-0.2, 0) is 4.79 Å². The van der Waals surface area contributed by atoms with Gasteiger partial charge in [-0.05, 0) is 74.6 Å². The molecule has 0 N–H and O–H groups in total. The van der Waals surface area contributed by atoms with E-state index in [1.807, 2.05) is 25.2 Å². The Morgan fingerprint density at radius 3 is 2.28 bits per heavy atom. The Balaban J connectivity index is 0.00000576. The third kappa shape index (κ3) is 7.47. The first-order chi connectivity index (χ1) is 11.3. The van der Waals surface area contributed by atoms with E-state index in [1.54, 1.807) is 20.1 Å². The van der Waals surface area contributed by atoms with Crippen molar-refractivity contribution in [3.63, 3.8) is 0 Å². The van der Waals surface area contributed by atoms with Gasteiger partial charge in [0.2, 0.25) is 0 Å². The van der Waals surface area contributed by atoms with Gasteiger partial charge in [0.15, 0.2) is 0 Å². The minimum Gasteiger partial charge on any atom is -0.545 e. The number of rotatable bonds is 6. The first kappa shape index (κ1) is 23.4. The van der Waals surface area contributed by atoms with E-state index < -0.39 is 5.97 Å². The van der Waals surface area contributed by atoms with Crippen LogP contribution in [-0.4, -0.2) is 13.1 Å². The molecule has 128 valence electrons. The number of aliphatic carboxylic acids is 1. The molecule has 1 rings (SSSR count). The van der Waals surface area contributed by atoms with E-state index in [-0.39, 0.29) is 29.6 Å². The minimum absolute atomic E-state index is 0. The average molecular weight is 348 g/mol. The molecule has 0 saturated heterocycles. The van der Waals surface area contributed by atoms with Crippen LogP contribution < -0.4 is 39.4 Å². The van der Waals surface area contributed by atoms with Crippen LogP contribution in [0.4, 0.5) is 0 Å². The van der Waals surface area contributed by atoms with Gasteiger partial charge in [0, 0.05) is 0 Å². The summed E-state index contributed by atoms with van der Waals surface area (Å²) in [6.07, 6.45) is 10.7. The van der Waals surface area contributed by atoms with Gasteiger partial charge in [0.25, 0.3) is 0 Å². The maximum Gasteiger partial charge on any atom is 1.00 e. The summed E-state index contributed by atoms with van der Waals surface area (Å²) in [5.74, 6) is -0.272. The molecule has 0 aromatic heterocycles. The summed E-state index contributed by atoms with van der Waals surface area (Å²) in [5, 5.41) is 10.4. The number of carbonyl (C=O) groups excluding carboxylic acids is 1. The van der Waals surface area contributed by atoms with Crippen molar-refractivity contribution >= 4 is 12.0 Å². The standard InChI is InChI=1S/C21H26O3.Na/c1-14(8-7-9-15(2)12-21(22)23)10-11-19-16(3)13-20(24-6)18(5)17(19)4;/h7-13H,1-6H3,(H,22,23);/q;+1/p-1/b9-7+,11-10+,14-8+,15-12+;. The number of methoxy groups -OCH3 is 1. The Bertz CT molecular complexity index is 738. The maximum atomic E-state index is 10.4. The van der Waals surface area contributed by atoms with Gasteiger partial charge in [-0.3, -0.25) is 0 Å². The molecule has 0 heterocycles. The second kappa shape index (κ2) is 11.1. The second-order valence-corrected chi connectivity index (χ2v) is 5.87. The molecule has 1 aromatic carbocycles. The molecule has 3 nitrogen and oxygen atoms in total. The van der Waals surface area contributed by atoms with Crippen molar-refractivity contribution in [3.05, 3.63) is 69.8 Å². The summed E-state index contributed by atoms with van der Waals surface area (Å²) in [5.41, 5.74) is 6.42. The van der Waals surface area contributed by atoms with Gasteiger partial charge in [-0.2, -0.15) is 0 Å². The fraction of sp³-hybridized carbons (Fsp3) is 0.286. The zero-order chi connectivity index (χ0) is 18.3. The fourth-order valence-corrected chi connectivity index (χ4v) is 2.39. The van der Waals surface area contributed by atoms with Crippen molar-refractivity contribution in [2.24, 2.45) is 0 Å². The number of allylic oxidation sites excluding steroid dienone is 6. The van der Waals surface area contributed by atoms with E-state index in [0.717, 1.165) is 23.0 Å². The molecule has 4 heteroatoms. The molecule has 0 atom stereocenters. The van der Waals surface area contributed by atoms with E-state index in [4.69, 9.17) is 4.74 Å². The van der Waals surface area contributed by atoms with Crippen LogP contribution >= 0.6 is 0 Å². The van der Waals surface area contributed by atoms with Crippen molar-refractivity contribution in [1.82, 2.24) is 0 Å². The van der Waals surface area contributed by atoms with E-state index in [2.05, 4.69) is 32.9 Å². The molecular formula is C21H25NaO3. The summed E-state index contributed by atoms with van der Waals surface area (Å²) < 4.78 is 5.39. The normalized spacial score (nSPS) is 12.6. The third-order valence-corrected chi connectivity index (χ3v) is 3.91. The van der Waals surface area contributed by atoms with Crippen molar-refractivity contribution in [1.29, 1.82) is 0 Å². The smallest absolute Gasteiger partial charge is 0.545 e. The van der Waals surface area contributed by atoms with E-state index in [1.165, 1.54) is 16.7 Å². The predicted molar refractivity (Wildman–Crippen MR) is 97.9 cm³/mol. The van der Waals surface area contributed by atoms with Gasteiger partial charge in [-0.25, -0.2) is 0 Å². The van der Waals surface area contributed by atoms with Crippen LogP contribution in [0.25, 0.3) is 6.08 Å². The topological polar surface area (TPSA) is 49.4 Å². The second-order valence-electron chi connectivity index (χ2n) is 5.87. The van der Waals surface area contributed by atoms with Gasteiger partial charge < -0.3 is 14.6 Å². The minimum atomic E-state index is -1.18. The van der Waals surface area contributed by atoms with Crippen molar-refractivity contribution in [2.75, 3.05) is 7.11 Å². The Labute approximate surface area is 173 Å². The third-order valence-electron chi connectivity index (χ3n) is 3.91. The molecule has 0 bridgehead atoms. The summed E-state index contributed by atoms with van der Waals surface area (Å²) in [6.45, 7) is 9.94. The average Bonchev–Trinajstić information content (AvgIpc) is 2.50. The maximum absolute atomic E-state index is 10.4.